The van der Waals surface area contributed by atoms with Gasteiger partial charge in [-0.3, -0.25) is 9.69 Å². The van der Waals surface area contributed by atoms with E-state index in [1.54, 1.807) is 36.3 Å². The summed E-state index contributed by atoms with van der Waals surface area (Å²) < 4.78 is 31.5. The molecular formula is C24H31N3O4S2. The number of amides is 1. The molecule has 0 bridgehead atoms. The Hall–Kier alpha value is -2.49. The van der Waals surface area contributed by atoms with Gasteiger partial charge in [0.05, 0.1) is 28.0 Å². The first-order valence-electron chi connectivity index (χ1n) is 10.9. The average Bonchev–Trinajstić information content (AvgIpc) is 3.19. The predicted molar refractivity (Wildman–Crippen MR) is 134 cm³/mol. The van der Waals surface area contributed by atoms with Crippen LogP contribution >= 0.6 is 11.3 Å². The van der Waals surface area contributed by atoms with Gasteiger partial charge in [0.15, 0.2) is 15.0 Å². The molecule has 0 fully saturated rings. The Bertz CT molecular complexity index is 1190. The second-order valence-corrected chi connectivity index (χ2v) is 11.4. The van der Waals surface area contributed by atoms with E-state index in [9.17, 15) is 13.2 Å². The number of anilines is 1. The van der Waals surface area contributed by atoms with E-state index >= 15 is 0 Å². The summed E-state index contributed by atoms with van der Waals surface area (Å²) in [5.41, 5.74) is 1.81. The van der Waals surface area contributed by atoms with E-state index in [0.29, 0.717) is 16.6 Å². The minimum atomic E-state index is -3.42. The number of fused-ring (bicyclic) bond motifs is 1. The molecule has 0 aliphatic carbocycles. The van der Waals surface area contributed by atoms with Crippen LogP contribution < -0.4 is 9.64 Å². The SMILES string of the molecule is COc1ccc2nc(N(CCCN(C)C)C(=O)CCCS(=O)(=O)c3ccc(C)cc3)sc2c1. The third kappa shape index (κ3) is 6.75. The molecule has 0 aliphatic rings. The highest BCUT2D eigenvalue weighted by Gasteiger charge is 2.21. The van der Waals surface area contributed by atoms with Crippen molar-refractivity contribution < 1.29 is 17.9 Å². The maximum absolute atomic E-state index is 13.1. The number of nitrogens with zero attached hydrogens (tertiary/aromatic N) is 3. The molecule has 1 amide bonds. The zero-order chi connectivity index (χ0) is 24.0. The Morgan fingerprint density at radius 2 is 1.79 bits per heavy atom. The highest BCUT2D eigenvalue weighted by Crippen LogP contribution is 2.32. The molecule has 0 atom stereocenters. The number of methoxy groups -OCH3 is 1. The van der Waals surface area contributed by atoms with Crippen LogP contribution in [0.25, 0.3) is 10.2 Å². The summed E-state index contributed by atoms with van der Waals surface area (Å²) in [6.45, 7) is 3.28. The summed E-state index contributed by atoms with van der Waals surface area (Å²) in [5, 5.41) is 0.628. The molecule has 0 N–H and O–H groups in total. The number of rotatable bonds is 11. The molecule has 178 valence electrons. The van der Waals surface area contributed by atoms with Gasteiger partial charge in [-0.05, 0) is 70.7 Å². The summed E-state index contributed by atoms with van der Waals surface area (Å²) in [7, 11) is 2.18. The Labute approximate surface area is 199 Å². The number of aromatic nitrogens is 1. The molecule has 33 heavy (non-hydrogen) atoms. The number of carbonyl (C=O) groups is 1. The van der Waals surface area contributed by atoms with Gasteiger partial charge >= 0.3 is 0 Å². The van der Waals surface area contributed by atoms with Gasteiger partial charge in [0.1, 0.15) is 5.75 Å². The standard InChI is InChI=1S/C24H31N3O4S2/c1-18-8-11-20(12-9-18)33(29,30)16-5-7-23(28)27(15-6-14-26(2)3)24-25-21-13-10-19(31-4)17-22(21)32-24/h8-13,17H,5-7,14-16H2,1-4H3. The number of thiazole rings is 1. The van der Waals surface area contributed by atoms with E-state index in [1.165, 1.54) is 11.3 Å². The van der Waals surface area contributed by atoms with Gasteiger partial charge in [0, 0.05) is 13.0 Å². The summed E-state index contributed by atoms with van der Waals surface area (Å²) >= 11 is 1.44. The number of carbonyl (C=O) groups excluding carboxylic acids is 1. The molecule has 0 spiro atoms. The Morgan fingerprint density at radius 3 is 2.45 bits per heavy atom. The van der Waals surface area contributed by atoms with Gasteiger partial charge in [-0.2, -0.15) is 0 Å². The van der Waals surface area contributed by atoms with Crippen molar-refractivity contribution in [1.29, 1.82) is 0 Å². The zero-order valence-corrected chi connectivity index (χ0v) is 21.2. The third-order valence-corrected chi connectivity index (χ3v) is 8.14. The molecule has 1 aromatic heterocycles. The number of hydrogen-bond acceptors (Lipinski definition) is 7. The molecule has 3 rings (SSSR count). The normalized spacial score (nSPS) is 11.8. The van der Waals surface area contributed by atoms with Crippen molar-refractivity contribution in [3.8, 4) is 5.75 Å². The van der Waals surface area contributed by atoms with E-state index in [0.717, 1.165) is 34.5 Å². The lowest BCUT2D eigenvalue weighted by Crippen LogP contribution is -2.33. The van der Waals surface area contributed by atoms with Crippen molar-refractivity contribution in [3.05, 3.63) is 48.0 Å². The first-order valence-corrected chi connectivity index (χ1v) is 13.4. The number of ether oxygens (including phenoxy) is 1. The summed E-state index contributed by atoms with van der Waals surface area (Å²) in [4.78, 5) is 21.9. The van der Waals surface area contributed by atoms with Crippen molar-refractivity contribution in [2.24, 2.45) is 0 Å². The number of benzene rings is 2. The van der Waals surface area contributed by atoms with Crippen LogP contribution in [0.15, 0.2) is 47.4 Å². The number of sulfone groups is 1. The molecular weight excluding hydrogens is 458 g/mol. The van der Waals surface area contributed by atoms with Gasteiger partial charge in [0.2, 0.25) is 5.91 Å². The lowest BCUT2D eigenvalue weighted by Gasteiger charge is -2.21. The van der Waals surface area contributed by atoms with Crippen LogP contribution in [0.5, 0.6) is 5.75 Å². The predicted octanol–water partition coefficient (Wildman–Crippen LogP) is 4.15. The Morgan fingerprint density at radius 1 is 1.06 bits per heavy atom. The smallest absolute Gasteiger partial charge is 0.228 e. The molecule has 0 saturated carbocycles. The van der Waals surface area contributed by atoms with E-state index in [2.05, 4.69) is 9.88 Å². The van der Waals surface area contributed by atoms with Crippen LogP contribution in [-0.4, -0.2) is 64.3 Å². The quantitative estimate of drug-likeness (QED) is 0.403. The molecule has 7 nitrogen and oxygen atoms in total. The summed E-state index contributed by atoms with van der Waals surface area (Å²) in [6, 6.07) is 12.4. The van der Waals surface area contributed by atoms with Crippen molar-refractivity contribution in [3.63, 3.8) is 0 Å². The molecule has 0 unspecified atom stereocenters. The lowest BCUT2D eigenvalue weighted by atomic mass is 10.2. The highest BCUT2D eigenvalue weighted by atomic mass is 32.2. The fourth-order valence-electron chi connectivity index (χ4n) is 3.42. The van der Waals surface area contributed by atoms with E-state index in [4.69, 9.17) is 4.74 Å². The largest absolute Gasteiger partial charge is 0.497 e. The minimum absolute atomic E-state index is 0.0651. The molecule has 0 saturated heterocycles. The van der Waals surface area contributed by atoms with Crippen LogP contribution in [0.4, 0.5) is 5.13 Å². The second kappa shape index (κ2) is 11.1. The van der Waals surface area contributed by atoms with Gasteiger partial charge in [-0.15, -0.1) is 0 Å². The van der Waals surface area contributed by atoms with Crippen molar-refractivity contribution in [2.45, 2.75) is 31.1 Å². The van der Waals surface area contributed by atoms with E-state index in [-0.39, 0.29) is 24.5 Å². The van der Waals surface area contributed by atoms with E-state index in [1.807, 2.05) is 39.2 Å². The first kappa shape index (κ1) is 25.1. The first-order chi connectivity index (χ1) is 15.7. The van der Waals surface area contributed by atoms with Gasteiger partial charge in [-0.25, -0.2) is 13.4 Å². The summed E-state index contributed by atoms with van der Waals surface area (Å²) in [6.07, 6.45) is 1.20. The molecule has 9 heteroatoms. The lowest BCUT2D eigenvalue weighted by molar-refractivity contribution is -0.118. The van der Waals surface area contributed by atoms with Gasteiger partial charge in [-0.1, -0.05) is 29.0 Å². The highest BCUT2D eigenvalue weighted by molar-refractivity contribution is 7.91. The van der Waals surface area contributed by atoms with Crippen LogP contribution in [0, 0.1) is 6.92 Å². The molecule has 2 aromatic carbocycles. The Balaban J connectivity index is 1.72. The van der Waals surface area contributed by atoms with Crippen molar-refractivity contribution >= 4 is 42.4 Å². The number of aryl methyl sites for hydroxylation is 1. The molecule has 0 aliphatic heterocycles. The second-order valence-electron chi connectivity index (χ2n) is 8.27. The van der Waals surface area contributed by atoms with Crippen LogP contribution in [0.1, 0.15) is 24.8 Å². The Kier molecular flexibility index (Phi) is 8.45. The van der Waals surface area contributed by atoms with Gasteiger partial charge < -0.3 is 9.64 Å². The van der Waals surface area contributed by atoms with Crippen molar-refractivity contribution in [1.82, 2.24) is 9.88 Å². The molecule has 0 radical (unpaired) electrons. The van der Waals surface area contributed by atoms with Crippen molar-refractivity contribution in [2.75, 3.05) is 44.9 Å². The molecule has 3 aromatic rings. The van der Waals surface area contributed by atoms with Crippen LogP contribution in [-0.2, 0) is 14.6 Å². The fourth-order valence-corrected chi connectivity index (χ4v) is 5.77. The topological polar surface area (TPSA) is 79.8 Å². The average molecular weight is 490 g/mol. The maximum atomic E-state index is 13.1. The maximum Gasteiger partial charge on any atom is 0.228 e. The van der Waals surface area contributed by atoms with Gasteiger partial charge in [0.25, 0.3) is 0 Å². The van der Waals surface area contributed by atoms with Crippen LogP contribution in [0.3, 0.4) is 0 Å². The zero-order valence-electron chi connectivity index (χ0n) is 19.6. The third-order valence-electron chi connectivity index (χ3n) is 5.29. The van der Waals surface area contributed by atoms with E-state index < -0.39 is 9.84 Å². The fraction of sp³-hybridized carbons (Fsp3) is 0.417. The monoisotopic (exact) mass is 489 g/mol. The van der Waals surface area contributed by atoms with Crippen LogP contribution in [0.2, 0.25) is 0 Å². The number of hydrogen-bond donors (Lipinski definition) is 0. The minimum Gasteiger partial charge on any atom is -0.497 e. The summed E-state index contributed by atoms with van der Waals surface area (Å²) in [5.74, 6) is 0.563. The molecule has 1 heterocycles.